The zero-order chi connectivity index (χ0) is 14.5. The minimum Gasteiger partial charge on any atom is -0.383 e. The number of benzene rings is 1. The monoisotopic (exact) mass is 287 g/mol. The number of nitrogens with zero attached hydrogens (tertiary/aromatic N) is 1. The van der Waals surface area contributed by atoms with Crippen molar-refractivity contribution < 1.29 is 0 Å². The van der Waals surface area contributed by atoms with Crippen LogP contribution >= 0.6 is 11.3 Å². The molecule has 2 rings (SSSR count). The molecule has 0 saturated carbocycles. The third kappa shape index (κ3) is 4.38. The van der Waals surface area contributed by atoms with Gasteiger partial charge >= 0.3 is 0 Å². The SMILES string of the molecule is C=C(Cc1ccc(NC(C)C)cc1)Nc1ncc(C)s1. The molecule has 2 aromatic rings. The highest BCUT2D eigenvalue weighted by Gasteiger charge is 2.02. The molecule has 1 aromatic heterocycles. The van der Waals surface area contributed by atoms with Gasteiger partial charge in [0.15, 0.2) is 5.13 Å². The fourth-order valence-corrected chi connectivity index (χ4v) is 2.62. The van der Waals surface area contributed by atoms with E-state index in [-0.39, 0.29) is 0 Å². The molecule has 106 valence electrons. The van der Waals surface area contributed by atoms with Crippen LogP contribution in [0.2, 0.25) is 0 Å². The summed E-state index contributed by atoms with van der Waals surface area (Å²) in [5, 5.41) is 7.54. The van der Waals surface area contributed by atoms with Gasteiger partial charge in [0.25, 0.3) is 0 Å². The van der Waals surface area contributed by atoms with Crippen LogP contribution in [0.15, 0.2) is 42.7 Å². The number of aromatic nitrogens is 1. The van der Waals surface area contributed by atoms with Gasteiger partial charge in [-0.05, 0) is 38.5 Å². The lowest BCUT2D eigenvalue weighted by Crippen LogP contribution is -2.09. The van der Waals surface area contributed by atoms with Crippen molar-refractivity contribution in [1.29, 1.82) is 0 Å². The summed E-state index contributed by atoms with van der Waals surface area (Å²) >= 11 is 1.64. The van der Waals surface area contributed by atoms with Crippen LogP contribution in [0.5, 0.6) is 0 Å². The van der Waals surface area contributed by atoms with Gasteiger partial charge in [-0.15, -0.1) is 11.3 Å². The van der Waals surface area contributed by atoms with E-state index in [0.717, 1.165) is 22.9 Å². The van der Waals surface area contributed by atoms with Gasteiger partial charge in [-0.2, -0.15) is 0 Å². The third-order valence-electron chi connectivity index (χ3n) is 2.73. The Morgan fingerprint density at radius 2 is 2.00 bits per heavy atom. The maximum Gasteiger partial charge on any atom is 0.187 e. The number of thiazole rings is 1. The third-order valence-corrected chi connectivity index (χ3v) is 3.56. The van der Waals surface area contributed by atoms with Gasteiger partial charge in [0.1, 0.15) is 0 Å². The van der Waals surface area contributed by atoms with Gasteiger partial charge in [-0.1, -0.05) is 18.7 Å². The van der Waals surface area contributed by atoms with Crippen LogP contribution in [-0.4, -0.2) is 11.0 Å². The second kappa shape index (κ2) is 6.57. The fraction of sp³-hybridized carbons (Fsp3) is 0.312. The molecular weight excluding hydrogens is 266 g/mol. The molecule has 0 aliphatic heterocycles. The molecule has 1 aromatic carbocycles. The first kappa shape index (κ1) is 14.6. The maximum atomic E-state index is 4.28. The minimum atomic E-state index is 0.450. The Hall–Kier alpha value is -1.81. The van der Waals surface area contributed by atoms with Gasteiger partial charge in [-0.3, -0.25) is 0 Å². The molecule has 0 atom stereocenters. The number of nitrogens with one attached hydrogen (secondary N) is 2. The van der Waals surface area contributed by atoms with Crippen LogP contribution < -0.4 is 10.6 Å². The fourth-order valence-electron chi connectivity index (χ4n) is 1.91. The molecule has 0 saturated heterocycles. The maximum absolute atomic E-state index is 4.28. The highest BCUT2D eigenvalue weighted by atomic mass is 32.1. The molecule has 20 heavy (non-hydrogen) atoms. The Balaban J connectivity index is 1.91. The number of rotatable bonds is 6. The van der Waals surface area contributed by atoms with Crippen LogP contribution in [0.25, 0.3) is 0 Å². The smallest absolute Gasteiger partial charge is 0.187 e. The Morgan fingerprint density at radius 3 is 2.55 bits per heavy atom. The summed E-state index contributed by atoms with van der Waals surface area (Å²) in [4.78, 5) is 5.48. The van der Waals surface area contributed by atoms with Crippen molar-refractivity contribution in [1.82, 2.24) is 4.98 Å². The molecule has 0 aliphatic rings. The summed E-state index contributed by atoms with van der Waals surface area (Å²) < 4.78 is 0. The van der Waals surface area contributed by atoms with E-state index in [0.29, 0.717) is 6.04 Å². The van der Waals surface area contributed by atoms with Crippen molar-refractivity contribution in [2.24, 2.45) is 0 Å². The quantitative estimate of drug-likeness (QED) is 0.824. The summed E-state index contributed by atoms with van der Waals surface area (Å²) in [5.74, 6) is 0. The molecule has 1 heterocycles. The van der Waals surface area contributed by atoms with E-state index in [2.05, 4.69) is 60.3 Å². The Bertz CT molecular complexity index is 570. The normalized spacial score (nSPS) is 10.6. The lowest BCUT2D eigenvalue weighted by molar-refractivity contribution is 0.899. The summed E-state index contributed by atoms with van der Waals surface area (Å²) in [6.07, 6.45) is 2.67. The minimum absolute atomic E-state index is 0.450. The van der Waals surface area contributed by atoms with E-state index in [1.807, 2.05) is 13.1 Å². The van der Waals surface area contributed by atoms with Crippen LogP contribution in [0.4, 0.5) is 10.8 Å². The molecule has 0 fully saturated rings. The molecular formula is C16H21N3S. The van der Waals surface area contributed by atoms with E-state index in [1.54, 1.807) is 11.3 Å². The molecule has 0 unspecified atom stereocenters. The topological polar surface area (TPSA) is 37.0 Å². The number of hydrogen-bond donors (Lipinski definition) is 2. The van der Waals surface area contributed by atoms with Crippen molar-refractivity contribution in [3.63, 3.8) is 0 Å². The average molecular weight is 287 g/mol. The Kier molecular flexibility index (Phi) is 4.79. The van der Waals surface area contributed by atoms with Gasteiger partial charge in [0.05, 0.1) is 0 Å². The number of anilines is 2. The predicted octanol–water partition coefficient (Wildman–Crippen LogP) is 4.44. The molecule has 0 bridgehead atoms. The van der Waals surface area contributed by atoms with E-state index in [4.69, 9.17) is 0 Å². The van der Waals surface area contributed by atoms with Gasteiger partial charge in [0.2, 0.25) is 0 Å². The van der Waals surface area contributed by atoms with Crippen LogP contribution in [0, 0.1) is 6.92 Å². The van der Waals surface area contributed by atoms with Crippen molar-refractivity contribution in [2.75, 3.05) is 10.6 Å². The molecule has 0 amide bonds. The summed E-state index contributed by atoms with van der Waals surface area (Å²) in [5.41, 5.74) is 3.35. The van der Waals surface area contributed by atoms with Crippen LogP contribution in [0.3, 0.4) is 0 Å². The lowest BCUT2D eigenvalue weighted by atomic mass is 10.1. The molecule has 3 nitrogen and oxygen atoms in total. The van der Waals surface area contributed by atoms with E-state index >= 15 is 0 Å². The Labute approximate surface area is 124 Å². The number of aryl methyl sites for hydroxylation is 1. The van der Waals surface area contributed by atoms with Crippen LogP contribution in [0.1, 0.15) is 24.3 Å². The van der Waals surface area contributed by atoms with Crippen molar-refractivity contribution >= 4 is 22.2 Å². The Morgan fingerprint density at radius 1 is 1.30 bits per heavy atom. The average Bonchev–Trinajstić information content (AvgIpc) is 2.76. The molecule has 2 N–H and O–H groups in total. The van der Waals surface area contributed by atoms with E-state index < -0.39 is 0 Å². The first-order valence-electron chi connectivity index (χ1n) is 6.75. The second-order valence-corrected chi connectivity index (χ2v) is 6.41. The first-order chi connectivity index (χ1) is 9.52. The van der Waals surface area contributed by atoms with Crippen LogP contribution in [-0.2, 0) is 6.42 Å². The zero-order valence-corrected chi connectivity index (χ0v) is 13.1. The van der Waals surface area contributed by atoms with E-state index in [9.17, 15) is 0 Å². The molecule has 0 radical (unpaired) electrons. The van der Waals surface area contributed by atoms with Gasteiger partial charge in [0, 0.05) is 34.9 Å². The highest BCUT2D eigenvalue weighted by molar-refractivity contribution is 7.15. The highest BCUT2D eigenvalue weighted by Crippen LogP contribution is 2.19. The molecule has 0 aliphatic carbocycles. The molecule has 0 spiro atoms. The largest absolute Gasteiger partial charge is 0.383 e. The van der Waals surface area contributed by atoms with Crippen molar-refractivity contribution in [3.8, 4) is 0 Å². The van der Waals surface area contributed by atoms with E-state index in [1.165, 1.54) is 10.4 Å². The standard InChI is InChI=1S/C16H21N3S/c1-11(2)18-15-7-5-14(6-8-15)9-12(3)19-16-17-10-13(4)20-16/h5-8,10-11,18H,3,9H2,1-2,4H3,(H,17,19). The predicted molar refractivity (Wildman–Crippen MR) is 88.5 cm³/mol. The van der Waals surface area contributed by atoms with Gasteiger partial charge < -0.3 is 10.6 Å². The summed E-state index contributed by atoms with van der Waals surface area (Å²) in [6.45, 7) is 10.4. The zero-order valence-electron chi connectivity index (χ0n) is 12.2. The summed E-state index contributed by atoms with van der Waals surface area (Å²) in [7, 11) is 0. The lowest BCUT2D eigenvalue weighted by Gasteiger charge is -2.11. The first-order valence-corrected chi connectivity index (χ1v) is 7.57. The van der Waals surface area contributed by atoms with Gasteiger partial charge in [-0.25, -0.2) is 4.98 Å². The number of allylic oxidation sites excluding steroid dienone is 1. The van der Waals surface area contributed by atoms with Crippen molar-refractivity contribution in [3.05, 3.63) is 53.2 Å². The molecule has 4 heteroatoms. The van der Waals surface area contributed by atoms with Crippen molar-refractivity contribution in [2.45, 2.75) is 33.2 Å². The number of hydrogen-bond acceptors (Lipinski definition) is 4. The second-order valence-electron chi connectivity index (χ2n) is 5.18. The summed E-state index contributed by atoms with van der Waals surface area (Å²) in [6, 6.07) is 8.92.